The van der Waals surface area contributed by atoms with E-state index in [9.17, 15) is 0 Å². The molecule has 0 radical (unpaired) electrons. The van der Waals surface area contributed by atoms with E-state index in [4.69, 9.17) is 4.42 Å². The van der Waals surface area contributed by atoms with Crippen LogP contribution in [-0.4, -0.2) is 0 Å². The van der Waals surface area contributed by atoms with E-state index in [0.29, 0.717) is 0 Å². The molecule has 2 aromatic heterocycles. The number of hydrogen-bond donors (Lipinski definition) is 0. The lowest BCUT2D eigenvalue weighted by Gasteiger charge is -2.18. The molecule has 0 saturated carbocycles. The monoisotopic (exact) mass is 280 g/mol. The van der Waals surface area contributed by atoms with Crippen molar-refractivity contribution in [2.75, 3.05) is 0 Å². The number of furan rings is 1. The molecular weight excluding hydrogens is 264 g/mol. The Hall–Kier alpha value is -1.80. The van der Waals surface area contributed by atoms with Gasteiger partial charge in [-0.3, -0.25) is 0 Å². The molecule has 0 aliphatic heterocycles. The molecule has 4 aromatic rings. The van der Waals surface area contributed by atoms with Crippen LogP contribution in [0.5, 0.6) is 0 Å². The van der Waals surface area contributed by atoms with Crippen LogP contribution >= 0.6 is 11.3 Å². The molecule has 0 atom stereocenters. The van der Waals surface area contributed by atoms with Crippen molar-refractivity contribution < 1.29 is 4.42 Å². The van der Waals surface area contributed by atoms with Gasteiger partial charge in [-0.2, -0.15) is 0 Å². The van der Waals surface area contributed by atoms with Gasteiger partial charge < -0.3 is 4.42 Å². The summed E-state index contributed by atoms with van der Waals surface area (Å²) in [6, 6.07) is 15.1. The molecule has 4 rings (SSSR count). The van der Waals surface area contributed by atoms with E-state index in [1.54, 1.807) is 0 Å². The second-order valence-corrected chi connectivity index (χ2v) is 7.37. The third-order valence-electron chi connectivity index (χ3n) is 3.85. The minimum atomic E-state index is 0.149. The maximum atomic E-state index is 6.15. The fourth-order valence-electron chi connectivity index (χ4n) is 2.67. The van der Waals surface area contributed by atoms with Gasteiger partial charge in [-0.25, -0.2) is 0 Å². The van der Waals surface area contributed by atoms with E-state index in [1.165, 1.54) is 25.7 Å². The molecule has 0 unspecified atom stereocenters. The Labute approximate surface area is 121 Å². The Bertz CT molecular complexity index is 934. The highest BCUT2D eigenvalue weighted by Crippen LogP contribution is 2.41. The largest absolute Gasteiger partial charge is 0.454 e. The zero-order valence-electron chi connectivity index (χ0n) is 11.9. The molecule has 0 fully saturated rings. The Balaban J connectivity index is 2.09. The summed E-state index contributed by atoms with van der Waals surface area (Å²) in [5.41, 5.74) is 3.50. The van der Waals surface area contributed by atoms with Crippen LogP contribution in [0.3, 0.4) is 0 Å². The van der Waals surface area contributed by atoms with Gasteiger partial charge in [-0.1, -0.05) is 39.0 Å². The molecule has 1 nitrogen and oxygen atoms in total. The molecule has 0 N–H and O–H groups in total. The molecule has 2 heterocycles. The Morgan fingerprint density at radius 1 is 0.950 bits per heavy atom. The first kappa shape index (κ1) is 12.0. The summed E-state index contributed by atoms with van der Waals surface area (Å²) in [6.45, 7) is 6.69. The quantitative estimate of drug-likeness (QED) is 0.379. The van der Waals surface area contributed by atoms with Crippen LogP contribution in [0, 0.1) is 0 Å². The number of benzene rings is 2. The number of thiophene rings is 1. The third kappa shape index (κ3) is 1.61. The van der Waals surface area contributed by atoms with Crippen LogP contribution in [0.4, 0.5) is 0 Å². The average Bonchev–Trinajstić information content (AvgIpc) is 2.93. The van der Waals surface area contributed by atoms with E-state index >= 15 is 0 Å². The maximum Gasteiger partial charge on any atom is 0.154 e. The zero-order chi connectivity index (χ0) is 13.9. The summed E-state index contributed by atoms with van der Waals surface area (Å²) in [5.74, 6) is 0. The van der Waals surface area contributed by atoms with Gasteiger partial charge in [0.25, 0.3) is 0 Å². The summed E-state index contributed by atoms with van der Waals surface area (Å²) in [6.07, 6.45) is 0. The van der Waals surface area contributed by atoms with Gasteiger partial charge in [-0.15, -0.1) is 11.3 Å². The minimum Gasteiger partial charge on any atom is -0.454 e. The van der Waals surface area contributed by atoms with E-state index in [1.807, 2.05) is 11.3 Å². The molecular formula is C18H16OS. The van der Waals surface area contributed by atoms with Gasteiger partial charge in [0.05, 0.1) is 4.70 Å². The number of rotatable bonds is 0. The molecule has 100 valence electrons. The van der Waals surface area contributed by atoms with Crippen LogP contribution in [0.25, 0.3) is 31.3 Å². The molecule has 0 bridgehead atoms. The van der Waals surface area contributed by atoms with Crippen LogP contribution in [0.15, 0.2) is 46.9 Å². The fraction of sp³-hybridized carbons (Fsp3) is 0.222. The molecule has 0 saturated heterocycles. The second-order valence-electron chi connectivity index (χ2n) is 6.32. The van der Waals surface area contributed by atoms with Gasteiger partial charge in [0.2, 0.25) is 0 Å². The summed E-state index contributed by atoms with van der Waals surface area (Å²) in [4.78, 5) is 0. The van der Waals surface area contributed by atoms with Gasteiger partial charge in [0.1, 0.15) is 5.58 Å². The average molecular weight is 280 g/mol. The van der Waals surface area contributed by atoms with Crippen molar-refractivity contribution in [3.05, 3.63) is 48.0 Å². The Morgan fingerprint density at radius 2 is 1.75 bits per heavy atom. The first-order chi connectivity index (χ1) is 9.54. The van der Waals surface area contributed by atoms with Crippen LogP contribution in [0.1, 0.15) is 26.3 Å². The minimum absolute atomic E-state index is 0.149. The molecule has 0 spiro atoms. The SMILES string of the molecule is CC(C)(C)c1ccc2c(c1)oc1c3ccccc3sc21. The number of fused-ring (bicyclic) bond motifs is 5. The molecule has 2 aromatic carbocycles. The fourth-order valence-corrected chi connectivity index (χ4v) is 3.83. The van der Waals surface area contributed by atoms with Crippen LogP contribution in [0.2, 0.25) is 0 Å². The van der Waals surface area contributed by atoms with Gasteiger partial charge in [0, 0.05) is 15.5 Å². The van der Waals surface area contributed by atoms with E-state index < -0.39 is 0 Å². The highest BCUT2D eigenvalue weighted by atomic mass is 32.1. The normalized spacial score (nSPS) is 12.8. The van der Waals surface area contributed by atoms with Crippen molar-refractivity contribution >= 4 is 42.7 Å². The highest BCUT2D eigenvalue weighted by Gasteiger charge is 2.18. The van der Waals surface area contributed by atoms with E-state index in [-0.39, 0.29) is 5.41 Å². The van der Waals surface area contributed by atoms with Crippen molar-refractivity contribution in [3.63, 3.8) is 0 Å². The zero-order valence-corrected chi connectivity index (χ0v) is 12.7. The van der Waals surface area contributed by atoms with Crippen LogP contribution < -0.4 is 0 Å². The molecule has 20 heavy (non-hydrogen) atoms. The van der Waals surface area contributed by atoms with Gasteiger partial charge in [0.15, 0.2) is 5.58 Å². The summed E-state index contributed by atoms with van der Waals surface area (Å²) in [7, 11) is 0. The van der Waals surface area contributed by atoms with Crippen molar-refractivity contribution in [1.82, 2.24) is 0 Å². The standard InChI is InChI=1S/C18H16OS/c1-18(2,3)11-8-9-12-14(10-11)19-16-13-6-4-5-7-15(13)20-17(12)16/h4-10H,1-3H3. The maximum absolute atomic E-state index is 6.15. The second kappa shape index (κ2) is 3.86. The third-order valence-corrected chi connectivity index (χ3v) is 5.04. The number of hydrogen-bond acceptors (Lipinski definition) is 2. The molecule has 2 heteroatoms. The van der Waals surface area contributed by atoms with Crippen molar-refractivity contribution in [3.8, 4) is 0 Å². The highest BCUT2D eigenvalue weighted by molar-refractivity contribution is 7.26. The predicted molar refractivity (Wildman–Crippen MR) is 87.8 cm³/mol. The predicted octanol–water partition coefficient (Wildman–Crippen LogP) is 6.10. The smallest absolute Gasteiger partial charge is 0.154 e. The van der Waals surface area contributed by atoms with Crippen molar-refractivity contribution in [1.29, 1.82) is 0 Å². The first-order valence-corrected chi connectivity index (χ1v) is 7.70. The van der Waals surface area contributed by atoms with E-state index in [2.05, 4.69) is 63.2 Å². The molecule has 0 amide bonds. The van der Waals surface area contributed by atoms with Crippen molar-refractivity contribution in [2.24, 2.45) is 0 Å². The molecule has 0 aliphatic carbocycles. The first-order valence-electron chi connectivity index (χ1n) is 6.88. The Kier molecular flexibility index (Phi) is 2.31. The summed E-state index contributed by atoms with van der Waals surface area (Å²) in [5, 5.41) is 2.45. The topological polar surface area (TPSA) is 13.1 Å². The van der Waals surface area contributed by atoms with Crippen LogP contribution in [-0.2, 0) is 5.41 Å². The lowest BCUT2D eigenvalue weighted by molar-refractivity contribution is 0.588. The van der Waals surface area contributed by atoms with E-state index in [0.717, 1.165) is 11.2 Å². The van der Waals surface area contributed by atoms with Crippen molar-refractivity contribution in [2.45, 2.75) is 26.2 Å². The lowest BCUT2D eigenvalue weighted by atomic mass is 9.87. The lowest BCUT2D eigenvalue weighted by Crippen LogP contribution is -2.10. The summed E-state index contributed by atoms with van der Waals surface area (Å²) < 4.78 is 8.71. The van der Waals surface area contributed by atoms with Gasteiger partial charge >= 0.3 is 0 Å². The molecule has 0 aliphatic rings. The summed E-state index contributed by atoms with van der Waals surface area (Å²) >= 11 is 1.82. The Morgan fingerprint density at radius 3 is 2.55 bits per heavy atom. The van der Waals surface area contributed by atoms with Gasteiger partial charge in [-0.05, 0) is 35.2 Å².